The third-order valence-corrected chi connectivity index (χ3v) is 9.37. The Morgan fingerprint density at radius 1 is 0.867 bits per heavy atom. The first kappa shape index (κ1) is 31.3. The number of phenolic OH excluding ortho intramolecular Hbond substituents is 1. The smallest absolute Gasteiger partial charge is 0.347 e. The van der Waals surface area contributed by atoms with Gasteiger partial charge in [0.05, 0.1) is 6.61 Å². The van der Waals surface area contributed by atoms with Crippen LogP contribution < -0.4 is 14.8 Å². The number of aromatic hydroxyl groups is 1. The van der Waals surface area contributed by atoms with Gasteiger partial charge in [-0.05, 0) is 108 Å². The van der Waals surface area contributed by atoms with Gasteiger partial charge in [0.2, 0.25) is 0 Å². The van der Waals surface area contributed by atoms with Crippen LogP contribution in [-0.2, 0) is 16.4 Å². The number of hydrogen-bond acceptors (Lipinski definition) is 7. The molecule has 0 saturated carbocycles. The van der Waals surface area contributed by atoms with Crippen LogP contribution in [0.5, 0.6) is 11.5 Å². The molecule has 4 N–H and O–H groups in total. The summed E-state index contributed by atoms with van der Waals surface area (Å²) in [5.74, 6) is -0.666. The van der Waals surface area contributed by atoms with Gasteiger partial charge in [-0.15, -0.1) is 11.3 Å². The van der Waals surface area contributed by atoms with E-state index in [1.165, 1.54) is 11.4 Å². The van der Waals surface area contributed by atoms with E-state index in [0.29, 0.717) is 42.1 Å². The maximum Gasteiger partial charge on any atom is 0.347 e. The van der Waals surface area contributed by atoms with E-state index in [1.54, 1.807) is 60.7 Å². The lowest BCUT2D eigenvalue weighted by molar-refractivity contribution is 0.0698. The number of carbonyl (C=O) groups excluding carboxylic acids is 1. The highest BCUT2D eigenvalue weighted by atomic mass is 32.2. The molecule has 0 aliphatic carbocycles. The Hall–Kier alpha value is -5.13. The second kappa shape index (κ2) is 13.7. The van der Waals surface area contributed by atoms with Gasteiger partial charge in [0.15, 0.2) is 0 Å². The Bertz CT molecular complexity index is 1950. The minimum atomic E-state index is -4.05. The summed E-state index contributed by atoms with van der Waals surface area (Å²) in [6.07, 6.45) is 1.30. The number of aromatic carboxylic acids is 1. The van der Waals surface area contributed by atoms with Crippen molar-refractivity contribution in [2.24, 2.45) is 0 Å². The topological polar surface area (TPSA) is 142 Å². The molecule has 0 unspecified atom stereocenters. The molecule has 0 spiro atoms. The monoisotopic (exact) mass is 642 g/mol. The van der Waals surface area contributed by atoms with Gasteiger partial charge in [-0.3, -0.25) is 9.52 Å². The Morgan fingerprint density at radius 2 is 1.64 bits per heavy atom. The fourth-order valence-corrected chi connectivity index (χ4v) is 7.02. The summed E-state index contributed by atoms with van der Waals surface area (Å²) < 4.78 is 34.0. The number of sulfonamides is 1. The van der Waals surface area contributed by atoms with Crippen LogP contribution in [0.25, 0.3) is 11.1 Å². The molecule has 45 heavy (non-hydrogen) atoms. The van der Waals surface area contributed by atoms with Crippen LogP contribution in [0.4, 0.5) is 11.4 Å². The lowest BCUT2D eigenvalue weighted by Crippen LogP contribution is -2.15. The van der Waals surface area contributed by atoms with Gasteiger partial charge in [0.25, 0.3) is 15.9 Å². The summed E-state index contributed by atoms with van der Waals surface area (Å²) in [6.45, 7) is 2.32. The quantitative estimate of drug-likeness (QED) is 0.106. The number of hydrogen-bond donors (Lipinski definition) is 4. The lowest BCUT2D eigenvalue weighted by Gasteiger charge is -2.12. The highest BCUT2D eigenvalue weighted by molar-refractivity contribution is 7.93. The molecule has 9 nitrogen and oxygen atoms in total. The molecule has 1 aromatic heterocycles. The van der Waals surface area contributed by atoms with Crippen LogP contribution >= 0.6 is 11.3 Å². The number of carbonyl (C=O) groups is 2. The van der Waals surface area contributed by atoms with E-state index in [2.05, 4.69) is 10.0 Å². The summed E-state index contributed by atoms with van der Waals surface area (Å²) in [7, 11) is -4.05. The molecule has 1 heterocycles. The molecule has 0 fully saturated rings. The summed E-state index contributed by atoms with van der Waals surface area (Å²) in [5, 5.41) is 23.2. The molecular formula is C34H30N2O7S2. The summed E-state index contributed by atoms with van der Waals surface area (Å²) in [4.78, 5) is 23.8. The van der Waals surface area contributed by atoms with E-state index >= 15 is 0 Å². The zero-order chi connectivity index (χ0) is 32.0. The molecule has 1 amide bonds. The van der Waals surface area contributed by atoms with E-state index in [9.17, 15) is 28.2 Å². The number of nitrogens with one attached hydrogen (secondary N) is 2. The van der Waals surface area contributed by atoms with Crippen LogP contribution in [0.3, 0.4) is 0 Å². The first-order valence-electron chi connectivity index (χ1n) is 14.0. The minimum Gasteiger partial charge on any atom is -0.508 e. The molecule has 0 aliphatic rings. The van der Waals surface area contributed by atoms with Crippen molar-refractivity contribution in [3.63, 3.8) is 0 Å². The van der Waals surface area contributed by atoms with Crippen LogP contribution in [0, 0.1) is 6.92 Å². The Balaban J connectivity index is 1.13. The second-order valence-corrected chi connectivity index (χ2v) is 12.8. The Labute approximate surface area is 264 Å². The number of ether oxygens (including phenoxy) is 1. The number of amides is 1. The van der Waals surface area contributed by atoms with Gasteiger partial charge in [-0.25, -0.2) is 13.2 Å². The van der Waals surface area contributed by atoms with Crippen LogP contribution in [0.1, 0.15) is 37.6 Å². The number of aryl methyl sites for hydroxylation is 2. The van der Waals surface area contributed by atoms with Gasteiger partial charge in [0.1, 0.15) is 21.3 Å². The van der Waals surface area contributed by atoms with E-state index < -0.39 is 16.0 Å². The molecule has 11 heteroatoms. The normalized spacial score (nSPS) is 11.1. The molecular weight excluding hydrogens is 613 g/mol. The number of rotatable bonds is 12. The van der Waals surface area contributed by atoms with Crippen molar-refractivity contribution in [2.45, 2.75) is 24.7 Å². The number of carboxylic acid groups (broad SMARTS) is 1. The van der Waals surface area contributed by atoms with Crippen molar-refractivity contribution in [3.05, 3.63) is 124 Å². The third kappa shape index (κ3) is 7.88. The molecule has 5 rings (SSSR count). The van der Waals surface area contributed by atoms with Crippen molar-refractivity contribution < 1.29 is 33.0 Å². The zero-order valence-corrected chi connectivity index (χ0v) is 25.8. The second-order valence-electron chi connectivity index (χ2n) is 10.2. The maximum atomic E-state index is 13.0. The number of thiophene rings is 1. The van der Waals surface area contributed by atoms with E-state index in [4.69, 9.17) is 4.74 Å². The van der Waals surface area contributed by atoms with Gasteiger partial charge in [-0.1, -0.05) is 36.4 Å². The Morgan fingerprint density at radius 3 is 2.40 bits per heavy atom. The molecule has 230 valence electrons. The summed E-state index contributed by atoms with van der Waals surface area (Å²) in [6, 6.07) is 27.7. The van der Waals surface area contributed by atoms with Crippen LogP contribution in [-0.4, -0.2) is 37.1 Å². The molecule has 5 aromatic rings. The molecule has 0 bridgehead atoms. The standard InChI is InChI=1S/C34H30N2O7S2/c1-22-19-27(35-33(38)26-8-3-7-25(21-26)24-10-13-29(37)14-11-24)12-15-30(22)43-17-4-6-23-5-2-9-28(20-23)36-45(41,42)31-16-18-44-32(31)34(39)40/h2-3,5,7-16,18-21,36-37H,4,6,17H2,1H3,(H,35,38)(H,39,40). The van der Waals surface area contributed by atoms with Crippen LogP contribution in [0.2, 0.25) is 0 Å². The lowest BCUT2D eigenvalue weighted by atomic mass is 10.0. The first-order valence-corrected chi connectivity index (χ1v) is 16.3. The van der Waals surface area contributed by atoms with Gasteiger partial charge in [0, 0.05) is 16.9 Å². The predicted octanol–water partition coefficient (Wildman–Crippen LogP) is 7.19. The molecule has 0 aliphatic heterocycles. The summed E-state index contributed by atoms with van der Waals surface area (Å²) in [5.41, 5.74) is 4.99. The number of carboxylic acids is 1. The van der Waals surface area contributed by atoms with Crippen molar-refractivity contribution in [1.82, 2.24) is 0 Å². The highest BCUT2D eigenvalue weighted by Crippen LogP contribution is 2.27. The van der Waals surface area contributed by atoms with Gasteiger partial charge in [-0.2, -0.15) is 0 Å². The SMILES string of the molecule is Cc1cc(NC(=O)c2cccc(-c3ccc(O)cc3)c2)ccc1OCCCc1cccc(NS(=O)(=O)c2ccsc2C(=O)O)c1. The van der Waals surface area contributed by atoms with Gasteiger partial charge < -0.3 is 20.3 Å². The third-order valence-electron chi connectivity index (χ3n) is 6.92. The van der Waals surface area contributed by atoms with Crippen molar-refractivity contribution in [1.29, 1.82) is 0 Å². The Kier molecular flexibility index (Phi) is 9.50. The molecule has 4 aromatic carbocycles. The number of phenols is 1. The van der Waals surface area contributed by atoms with Gasteiger partial charge >= 0.3 is 5.97 Å². The molecule has 0 radical (unpaired) electrons. The molecule has 0 atom stereocenters. The fourth-order valence-electron chi connectivity index (χ4n) is 4.71. The van der Waals surface area contributed by atoms with Crippen molar-refractivity contribution >= 4 is 44.6 Å². The first-order chi connectivity index (χ1) is 21.6. The van der Waals surface area contributed by atoms with Crippen molar-refractivity contribution in [3.8, 4) is 22.6 Å². The minimum absolute atomic E-state index is 0.179. The van der Waals surface area contributed by atoms with Crippen molar-refractivity contribution in [2.75, 3.05) is 16.6 Å². The predicted molar refractivity (Wildman–Crippen MR) is 175 cm³/mol. The fraction of sp³-hybridized carbons (Fsp3) is 0.118. The summed E-state index contributed by atoms with van der Waals surface area (Å²) >= 11 is 0.856. The zero-order valence-electron chi connectivity index (χ0n) is 24.2. The largest absolute Gasteiger partial charge is 0.508 e. The maximum absolute atomic E-state index is 13.0. The number of benzene rings is 4. The highest BCUT2D eigenvalue weighted by Gasteiger charge is 2.24. The molecule has 0 saturated heterocycles. The average molecular weight is 643 g/mol. The van der Waals surface area contributed by atoms with Crippen LogP contribution in [0.15, 0.2) is 107 Å². The average Bonchev–Trinajstić information content (AvgIpc) is 3.53. The van der Waals surface area contributed by atoms with E-state index in [1.807, 2.05) is 37.3 Å². The number of anilines is 2. The van der Waals surface area contributed by atoms with E-state index in [-0.39, 0.29) is 21.4 Å². The van der Waals surface area contributed by atoms with E-state index in [0.717, 1.165) is 33.6 Å².